The normalized spacial score (nSPS) is 11.7. The van der Waals surface area contributed by atoms with Crippen LogP contribution in [0.25, 0.3) is 11.0 Å². The molecule has 0 saturated carbocycles. The molecule has 0 aliphatic rings. The number of nitrogens with zero attached hydrogens (tertiary/aromatic N) is 2. The average Bonchev–Trinajstić information content (AvgIpc) is 2.62. The van der Waals surface area contributed by atoms with Crippen LogP contribution in [0.15, 0.2) is 18.2 Å². The highest BCUT2D eigenvalue weighted by atomic mass is 16.1. The van der Waals surface area contributed by atoms with Crippen LogP contribution >= 0.6 is 0 Å². The molecule has 0 aliphatic carbocycles. The first-order chi connectivity index (χ1) is 8.41. The highest BCUT2D eigenvalue weighted by Gasteiger charge is 2.14. The van der Waals surface area contributed by atoms with Crippen molar-refractivity contribution in [3.05, 3.63) is 29.6 Å². The Balaban J connectivity index is 2.58. The molecule has 1 heterocycles. The summed E-state index contributed by atoms with van der Waals surface area (Å²) in [6.07, 6.45) is 0. The third kappa shape index (κ3) is 2.05. The van der Waals surface area contributed by atoms with E-state index in [0.29, 0.717) is 6.04 Å². The molecule has 0 N–H and O–H groups in total. The zero-order valence-electron chi connectivity index (χ0n) is 11.7. The highest BCUT2D eigenvalue weighted by molar-refractivity contribution is 6.00. The van der Waals surface area contributed by atoms with E-state index >= 15 is 0 Å². The number of hydrogen-bond donors (Lipinski definition) is 0. The first-order valence-corrected chi connectivity index (χ1v) is 6.44. The van der Waals surface area contributed by atoms with E-state index in [2.05, 4.69) is 23.4 Å². The van der Waals surface area contributed by atoms with Crippen LogP contribution in [0.3, 0.4) is 0 Å². The first kappa shape index (κ1) is 12.8. The largest absolute Gasteiger partial charge is 0.326 e. The molecular formula is C15H20N2O. The summed E-state index contributed by atoms with van der Waals surface area (Å²) in [7, 11) is 0. The van der Waals surface area contributed by atoms with E-state index in [0.717, 1.165) is 22.4 Å². The van der Waals surface area contributed by atoms with Gasteiger partial charge in [0, 0.05) is 17.5 Å². The number of carbonyl (C=O) groups excluding carboxylic acids is 1. The molecule has 0 saturated heterocycles. The van der Waals surface area contributed by atoms with Crippen LogP contribution in [0.2, 0.25) is 0 Å². The fourth-order valence-corrected chi connectivity index (χ4v) is 2.36. The van der Waals surface area contributed by atoms with Crippen molar-refractivity contribution >= 4 is 16.8 Å². The fourth-order valence-electron chi connectivity index (χ4n) is 2.36. The maximum Gasteiger partial charge on any atom is 0.165 e. The minimum absolute atomic E-state index is 0.0238. The zero-order chi connectivity index (χ0) is 13.4. The van der Waals surface area contributed by atoms with Crippen LogP contribution in [-0.2, 0) is 0 Å². The zero-order valence-corrected chi connectivity index (χ0v) is 11.7. The summed E-state index contributed by atoms with van der Waals surface area (Å²) in [5, 5.41) is 0. The van der Waals surface area contributed by atoms with Gasteiger partial charge in [0.1, 0.15) is 5.82 Å². The van der Waals surface area contributed by atoms with Gasteiger partial charge in [-0.05, 0) is 39.0 Å². The molecular weight excluding hydrogens is 224 g/mol. The van der Waals surface area contributed by atoms with Crippen LogP contribution in [0.5, 0.6) is 0 Å². The predicted octanol–water partition coefficient (Wildman–Crippen LogP) is 3.76. The first-order valence-electron chi connectivity index (χ1n) is 6.44. The Morgan fingerprint density at radius 2 is 1.89 bits per heavy atom. The molecule has 1 aromatic heterocycles. The van der Waals surface area contributed by atoms with Crippen LogP contribution in [-0.4, -0.2) is 15.3 Å². The van der Waals surface area contributed by atoms with Crippen molar-refractivity contribution in [2.24, 2.45) is 5.92 Å². The Labute approximate surface area is 108 Å². The quantitative estimate of drug-likeness (QED) is 0.770. The van der Waals surface area contributed by atoms with Gasteiger partial charge in [0.25, 0.3) is 0 Å². The third-order valence-corrected chi connectivity index (χ3v) is 3.19. The SMILES string of the molecule is Cc1nc2cc(C(=O)C(C)C)ccc2n1C(C)C. The molecule has 0 spiro atoms. The summed E-state index contributed by atoms with van der Waals surface area (Å²) < 4.78 is 2.19. The molecule has 18 heavy (non-hydrogen) atoms. The number of imidazole rings is 1. The van der Waals surface area contributed by atoms with Gasteiger partial charge in [-0.2, -0.15) is 0 Å². The summed E-state index contributed by atoms with van der Waals surface area (Å²) >= 11 is 0. The molecule has 2 aromatic rings. The van der Waals surface area contributed by atoms with Gasteiger partial charge in [-0.1, -0.05) is 13.8 Å². The van der Waals surface area contributed by atoms with E-state index in [4.69, 9.17) is 0 Å². The van der Waals surface area contributed by atoms with Crippen molar-refractivity contribution in [2.75, 3.05) is 0 Å². The number of rotatable bonds is 3. The molecule has 3 nitrogen and oxygen atoms in total. The summed E-state index contributed by atoms with van der Waals surface area (Å²) in [6.45, 7) is 10.1. The van der Waals surface area contributed by atoms with E-state index in [1.54, 1.807) is 0 Å². The average molecular weight is 244 g/mol. The highest BCUT2D eigenvalue weighted by Crippen LogP contribution is 2.22. The fraction of sp³-hybridized carbons (Fsp3) is 0.467. The molecule has 0 fully saturated rings. The number of benzene rings is 1. The van der Waals surface area contributed by atoms with Crippen molar-refractivity contribution in [3.63, 3.8) is 0 Å². The summed E-state index contributed by atoms with van der Waals surface area (Å²) in [4.78, 5) is 16.5. The van der Waals surface area contributed by atoms with E-state index in [1.165, 1.54) is 0 Å². The maximum absolute atomic E-state index is 12.0. The van der Waals surface area contributed by atoms with Crippen molar-refractivity contribution in [1.29, 1.82) is 0 Å². The number of ketones is 1. The van der Waals surface area contributed by atoms with Gasteiger partial charge in [0.15, 0.2) is 5.78 Å². The second-order valence-corrected chi connectivity index (χ2v) is 5.35. The molecule has 0 radical (unpaired) electrons. The number of aromatic nitrogens is 2. The van der Waals surface area contributed by atoms with E-state index in [-0.39, 0.29) is 11.7 Å². The monoisotopic (exact) mass is 244 g/mol. The number of carbonyl (C=O) groups is 1. The Hall–Kier alpha value is -1.64. The van der Waals surface area contributed by atoms with E-state index < -0.39 is 0 Å². The lowest BCUT2D eigenvalue weighted by Gasteiger charge is -2.11. The number of aryl methyl sites for hydroxylation is 1. The Kier molecular flexibility index (Phi) is 3.24. The number of fused-ring (bicyclic) bond motifs is 1. The van der Waals surface area contributed by atoms with Crippen molar-refractivity contribution < 1.29 is 4.79 Å². The van der Waals surface area contributed by atoms with Gasteiger partial charge in [0.2, 0.25) is 0 Å². The third-order valence-electron chi connectivity index (χ3n) is 3.19. The van der Waals surface area contributed by atoms with Gasteiger partial charge >= 0.3 is 0 Å². The van der Waals surface area contributed by atoms with Crippen molar-refractivity contribution in [1.82, 2.24) is 9.55 Å². The second kappa shape index (κ2) is 4.56. The van der Waals surface area contributed by atoms with Gasteiger partial charge < -0.3 is 4.57 Å². The Bertz CT molecular complexity index is 594. The lowest BCUT2D eigenvalue weighted by atomic mass is 10.0. The smallest absolute Gasteiger partial charge is 0.165 e. The molecule has 0 bridgehead atoms. The van der Waals surface area contributed by atoms with Gasteiger partial charge in [-0.3, -0.25) is 4.79 Å². The predicted molar refractivity (Wildman–Crippen MR) is 74.0 cm³/mol. The standard InChI is InChI=1S/C15H20N2O/c1-9(2)15(18)12-6-7-14-13(8-12)16-11(5)17(14)10(3)4/h6-10H,1-5H3. The van der Waals surface area contributed by atoms with Crippen LogP contribution in [0.1, 0.15) is 49.9 Å². The molecule has 2 rings (SSSR count). The molecule has 0 amide bonds. The summed E-state index contributed by atoms with van der Waals surface area (Å²) in [5.74, 6) is 1.19. The van der Waals surface area contributed by atoms with Gasteiger partial charge in [-0.25, -0.2) is 4.98 Å². The number of hydrogen-bond acceptors (Lipinski definition) is 2. The van der Waals surface area contributed by atoms with Gasteiger partial charge in [0.05, 0.1) is 11.0 Å². The molecule has 0 unspecified atom stereocenters. The van der Waals surface area contributed by atoms with Crippen molar-refractivity contribution in [3.8, 4) is 0 Å². The second-order valence-electron chi connectivity index (χ2n) is 5.35. The maximum atomic E-state index is 12.0. The number of Topliss-reactive ketones (excluding diaryl/α,β-unsaturated/α-hetero) is 1. The minimum atomic E-state index is 0.0238. The molecule has 0 atom stereocenters. The molecule has 3 heteroatoms. The topological polar surface area (TPSA) is 34.9 Å². The van der Waals surface area contributed by atoms with E-state index in [1.807, 2.05) is 39.0 Å². The van der Waals surface area contributed by atoms with Crippen molar-refractivity contribution in [2.45, 2.75) is 40.7 Å². The summed E-state index contributed by atoms with van der Waals surface area (Å²) in [5.41, 5.74) is 2.77. The minimum Gasteiger partial charge on any atom is -0.326 e. The Morgan fingerprint density at radius 1 is 1.22 bits per heavy atom. The van der Waals surface area contributed by atoms with E-state index in [9.17, 15) is 4.79 Å². The van der Waals surface area contributed by atoms with Gasteiger partial charge in [-0.15, -0.1) is 0 Å². The van der Waals surface area contributed by atoms with Crippen LogP contribution in [0, 0.1) is 12.8 Å². The Morgan fingerprint density at radius 3 is 2.44 bits per heavy atom. The van der Waals surface area contributed by atoms with Crippen LogP contribution in [0.4, 0.5) is 0 Å². The molecule has 96 valence electrons. The lowest BCUT2D eigenvalue weighted by Crippen LogP contribution is -2.07. The summed E-state index contributed by atoms with van der Waals surface area (Å²) in [6, 6.07) is 6.20. The molecule has 0 aliphatic heterocycles. The lowest BCUT2D eigenvalue weighted by molar-refractivity contribution is 0.0939. The van der Waals surface area contributed by atoms with Crippen LogP contribution < -0.4 is 0 Å². The molecule has 1 aromatic carbocycles.